The highest BCUT2D eigenvalue weighted by atomic mass is 16.2. The molecule has 0 spiro atoms. The summed E-state index contributed by atoms with van der Waals surface area (Å²) >= 11 is 0. The molecule has 0 saturated carbocycles. The van der Waals surface area contributed by atoms with Crippen LogP contribution in [0.1, 0.15) is 48.5 Å². The van der Waals surface area contributed by atoms with E-state index in [0.717, 1.165) is 31.5 Å². The molecule has 0 aromatic heterocycles. The van der Waals surface area contributed by atoms with Gasteiger partial charge in [0, 0.05) is 35.5 Å². The van der Waals surface area contributed by atoms with Crippen molar-refractivity contribution in [3.8, 4) is 0 Å². The predicted octanol–water partition coefficient (Wildman–Crippen LogP) is 2.24. The Balaban J connectivity index is 1.46. The molecule has 2 saturated heterocycles. The summed E-state index contributed by atoms with van der Waals surface area (Å²) in [6.07, 6.45) is 4.64. The summed E-state index contributed by atoms with van der Waals surface area (Å²) in [7, 11) is 0. The number of rotatable bonds is 3. The van der Waals surface area contributed by atoms with Gasteiger partial charge >= 0.3 is 0 Å². The van der Waals surface area contributed by atoms with E-state index >= 15 is 0 Å². The summed E-state index contributed by atoms with van der Waals surface area (Å²) in [5.74, 6) is -0.214. The Bertz CT molecular complexity index is 694. The summed E-state index contributed by atoms with van der Waals surface area (Å²) < 4.78 is 0. The molecule has 0 radical (unpaired) electrons. The van der Waals surface area contributed by atoms with Crippen molar-refractivity contribution in [2.45, 2.75) is 50.7 Å². The van der Waals surface area contributed by atoms with Gasteiger partial charge in [-0.1, -0.05) is 31.2 Å². The Labute approximate surface area is 148 Å². The number of fused-ring (bicyclic) bond motifs is 2. The van der Waals surface area contributed by atoms with Gasteiger partial charge in [-0.15, -0.1) is 0 Å². The fourth-order valence-electron chi connectivity index (χ4n) is 4.55. The number of carbonyl (C=O) groups is 2. The van der Waals surface area contributed by atoms with Crippen LogP contribution in [0.3, 0.4) is 0 Å². The van der Waals surface area contributed by atoms with E-state index in [4.69, 9.17) is 0 Å². The molecule has 3 aliphatic rings. The molecule has 3 heterocycles. The second-order valence-corrected chi connectivity index (χ2v) is 7.35. The van der Waals surface area contributed by atoms with Crippen molar-refractivity contribution < 1.29 is 9.59 Å². The SMILES string of the molecule is C=C1c2ccccc2C(=O)N1C(C)C(=O)NC1CCN2CCCCC12. The molecule has 2 fully saturated rings. The number of nitrogens with one attached hydrogen (secondary N) is 1. The van der Waals surface area contributed by atoms with E-state index in [0.29, 0.717) is 17.3 Å². The predicted molar refractivity (Wildman–Crippen MR) is 96.9 cm³/mol. The number of hydrogen-bond acceptors (Lipinski definition) is 3. The highest BCUT2D eigenvalue weighted by Gasteiger charge is 2.40. The lowest BCUT2D eigenvalue weighted by molar-refractivity contribution is -0.125. The van der Waals surface area contributed by atoms with E-state index in [9.17, 15) is 9.59 Å². The van der Waals surface area contributed by atoms with E-state index in [1.54, 1.807) is 13.0 Å². The van der Waals surface area contributed by atoms with Gasteiger partial charge in [0.25, 0.3) is 5.91 Å². The highest BCUT2D eigenvalue weighted by molar-refractivity contribution is 6.10. The summed E-state index contributed by atoms with van der Waals surface area (Å²) in [4.78, 5) is 29.6. The molecule has 3 aliphatic heterocycles. The fraction of sp³-hybridized carbons (Fsp3) is 0.500. The van der Waals surface area contributed by atoms with Gasteiger partial charge in [0.15, 0.2) is 0 Å². The van der Waals surface area contributed by atoms with Crippen LogP contribution in [0.15, 0.2) is 30.8 Å². The normalized spacial score (nSPS) is 27.2. The zero-order valence-electron chi connectivity index (χ0n) is 14.7. The summed E-state index contributed by atoms with van der Waals surface area (Å²) in [6.45, 7) is 8.04. The van der Waals surface area contributed by atoms with Crippen molar-refractivity contribution in [3.05, 3.63) is 42.0 Å². The van der Waals surface area contributed by atoms with Gasteiger partial charge in [0.2, 0.25) is 5.91 Å². The number of nitrogens with zero attached hydrogens (tertiary/aromatic N) is 2. The minimum atomic E-state index is -0.551. The number of hydrogen-bond donors (Lipinski definition) is 1. The summed E-state index contributed by atoms with van der Waals surface area (Å²) in [5.41, 5.74) is 2.08. The van der Waals surface area contributed by atoms with Crippen molar-refractivity contribution in [2.24, 2.45) is 0 Å². The Hall–Kier alpha value is -2.14. The first-order valence-corrected chi connectivity index (χ1v) is 9.24. The lowest BCUT2D eigenvalue weighted by atomic mass is 9.99. The van der Waals surface area contributed by atoms with E-state index in [1.807, 2.05) is 18.2 Å². The topological polar surface area (TPSA) is 52.7 Å². The molecule has 25 heavy (non-hydrogen) atoms. The molecule has 132 valence electrons. The first-order valence-electron chi connectivity index (χ1n) is 9.24. The molecular formula is C20H25N3O2. The van der Waals surface area contributed by atoms with Gasteiger partial charge < -0.3 is 5.32 Å². The number of amides is 2. The highest BCUT2D eigenvalue weighted by Crippen LogP contribution is 2.33. The van der Waals surface area contributed by atoms with E-state index in [-0.39, 0.29) is 17.9 Å². The number of benzene rings is 1. The van der Waals surface area contributed by atoms with Gasteiger partial charge in [0.05, 0.1) is 0 Å². The molecule has 1 aromatic rings. The molecule has 0 bridgehead atoms. The van der Waals surface area contributed by atoms with Crippen LogP contribution in [0.25, 0.3) is 5.70 Å². The third-order valence-corrected chi connectivity index (χ3v) is 5.93. The van der Waals surface area contributed by atoms with Crippen molar-refractivity contribution in [1.82, 2.24) is 15.1 Å². The smallest absolute Gasteiger partial charge is 0.259 e. The van der Waals surface area contributed by atoms with E-state index < -0.39 is 6.04 Å². The van der Waals surface area contributed by atoms with Crippen molar-refractivity contribution >= 4 is 17.5 Å². The maximum Gasteiger partial charge on any atom is 0.259 e. The molecule has 4 rings (SSSR count). The molecule has 5 heteroatoms. The Morgan fingerprint density at radius 2 is 1.96 bits per heavy atom. The Morgan fingerprint density at radius 1 is 1.20 bits per heavy atom. The molecule has 2 amide bonds. The van der Waals surface area contributed by atoms with Gasteiger partial charge in [-0.25, -0.2) is 0 Å². The maximum absolute atomic E-state index is 12.8. The lowest BCUT2D eigenvalue weighted by Gasteiger charge is -2.33. The van der Waals surface area contributed by atoms with Crippen molar-refractivity contribution in [1.29, 1.82) is 0 Å². The minimum absolute atomic E-state index is 0.0836. The van der Waals surface area contributed by atoms with Crippen LogP contribution in [-0.4, -0.2) is 52.8 Å². The largest absolute Gasteiger partial charge is 0.350 e. The number of carbonyl (C=O) groups excluding carboxylic acids is 2. The summed E-state index contributed by atoms with van der Waals surface area (Å²) in [5, 5.41) is 3.21. The van der Waals surface area contributed by atoms with Crippen LogP contribution >= 0.6 is 0 Å². The van der Waals surface area contributed by atoms with Gasteiger partial charge in [-0.2, -0.15) is 0 Å². The number of piperidine rings is 1. The molecule has 1 N–H and O–H groups in total. The standard InChI is InChI=1S/C20H25N3O2/c1-13-15-7-3-4-8-16(15)20(25)23(13)14(2)19(24)21-17-10-12-22-11-6-5-9-18(17)22/h3-4,7-8,14,17-18H,1,5-6,9-12H2,2H3,(H,21,24). The Kier molecular flexibility index (Phi) is 4.12. The average Bonchev–Trinajstić information content (AvgIpc) is 3.15. The van der Waals surface area contributed by atoms with Crippen LogP contribution in [0.2, 0.25) is 0 Å². The van der Waals surface area contributed by atoms with Crippen molar-refractivity contribution in [2.75, 3.05) is 13.1 Å². The van der Waals surface area contributed by atoms with Gasteiger partial charge in [-0.3, -0.25) is 19.4 Å². The molecule has 0 aliphatic carbocycles. The quantitative estimate of drug-likeness (QED) is 0.919. The first-order chi connectivity index (χ1) is 12.1. The third kappa shape index (κ3) is 2.67. The summed E-state index contributed by atoms with van der Waals surface area (Å²) in [6, 6.07) is 7.52. The molecular weight excluding hydrogens is 314 g/mol. The Morgan fingerprint density at radius 3 is 2.72 bits per heavy atom. The zero-order chi connectivity index (χ0) is 17.6. The van der Waals surface area contributed by atoms with Crippen LogP contribution in [0.4, 0.5) is 0 Å². The lowest BCUT2D eigenvalue weighted by Crippen LogP contribution is -2.52. The van der Waals surface area contributed by atoms with Crippen LogP contribution in [-0.2, 0) is 4.79 Å². The molecule has 1 aromatic carbocycles. The zero-order valence-corrected chi connectivity index (χ0v) is 14.7. The van der Waals surface area contributed by atoms with Crippen LogP contribution < -0.4 is 5.32 Å². The minimum Gasteiger partial charge on any atom is -0.350 e. The molecule has 5 nitrogen and oxygen atoms in total. The molecule has 3 atom stereocenters. The average molecular weight is 339 g/mol. The van der Waals surface area contributed by atoms with Gasteiger partial charge in [-0.05, 0) is 38.8 Å². The monoisotopic (exact) mass is 339 g/mol. The maximum atomic E-state index is 12.8. The molecule has 3 unspecified atom stereocenters. The van der Waals surface area contributed by atoms with E-state index in [1.165, 1.54) is 17.7 Å². The van der Waals surface area contributed by atoms with Crippen molar-refractivity contribution in [3.63, 3.8) is 0 Å². The van der Waals surface area contributed by atoms with Crippen LogP contribution in [0, 0.1) is 0 Å². The van der Waals surface area contributed by atoms with Crippen LogP contribution in [0.5, 0.6) is 0 Å². The second kappa shape index (κ2) is 6.30. The first kappa shape index (κ1) is 16.3. The second-order valence-electron chi connectivity index (χ2n) is 7.35. The van der Waals surface area contributed by atoms with E-state index in [2.05, 4.69) is 16.8 Å². The van der Waals surface area contributed by atoms with Gasteiger partial charge in [0.1, 0.15) is 6.04 Å². The third-order valence-electron chi connectivity index (χ3n) is 5.93. The fourth-order valence-corrected chi connectivity index (χ4v) is 4.55.